The number of anilines is 1. The monoisotopic (exact) mass is 559 g/mol. The summed E-state index contributed by atoms with van der Waals surface area (Å²) in [5, 5.41) is 3.42. The predicted octanol–water partition coefficient (Wildman–Crippen LogP) is 3.76. The van der Waals surface area contributed by atoms with Gasteiger partial charge >= 0.3 is 0 Å². The second-order valence-electron chi connectivity index (χ2n) is 6.30. The molecular weight excluding hydrogens is 533 g/mol. The van der Waals surface area contributed by atoms with Crippen LogP contribution in [0.5, 0.6) is 5.75 Å². The third-order valence-corrected chi connectivity index (χ3v) is 5.13. The minimum absolute atomic E-state index is 0. The van der Waals surface area contributed by atoms with Crippen molar-refractivity contribution in [1.29, 1.82) is 0 Å². The number of hydrogen-bond acceptors (Lipinski definition) is 4. The second-order valence-corrected chi connectivity index (χ2v) is 7.16. The molecule has 2 heterocycles. The lowest BCUT2D eigenvalue weighted by atomic mass is 10.2. The Labute approximate surface area is 192 Å². The summed E-state index contributed by atoms with van der Waals surface area (Å²) in [6.07, 6.45) is 1.85. The summed E-state index contributed by atoms with van der Waals surface area (Å²) < 4.78 is 6.24. The summed E-state index contributed by atoms with van der Waals surface area (Å²) in [6.45, 7) is 7.31. The molecule has 0 bridgehead atoms. The molecule has 0 amide bonds. The lowest BCUT2D eigenvalue weighted by molar-refractivity contribution is 0.371. The van der Waals surface area contributed by atoms with Crippen LogP contribution in [0.1, 0.15) is 12.5 Å². The van der Waals surface area contributed by atoms with Crippen molar-refractivity contribution in [1.82, 2.24) is 15.2 Å². The third kappa shape index (κ3) is 5.97. The molecule has 1 aliphatic heterocycles. The Hall–Kier alpha value is -1.55. The topological polar surface area (TPSA) is 53.0 Å². The molecule has 2 aromatic rings. The van der Waals surface area contributed by atoms with Gasteiger partial charge in [-0.1, -0.05) is 12.1 Å². The van der Waals surface area contributed by atoms with E-state index in [0.29, 0.717) is 6.54 Å². The highest BCUT2D eigenvalue weighted by molar-refractivity contribution is 14.0. The first-order valence-electron chi connectivity index (χ1n) is 9.23. The van der Waals surface area contributed by atoms with Crippen LogP contribution in [0.3, 0.4) is 0 Å². The van der Waals surface area contributed by atoms with Crippen LogP contribution in [0.25, 0.3) is 0 Å². The van der Waals surface area contributed by atoms with Crippen LogP contribution in [0.4, 0.5) is 5.82 Å². The first-order chi connectivity index (χ1) is 13.2. The quantitative estimate of drug-likeness (QED) is 0.343. The van der Waals surface area contributed by atoms with E-state index in [4.69, 9.17) is 9.73 Å². The number of piperazine rings is 1. The van der Waals surface area contributed by atoms with Crippen LogP contribution >= 0.6 is 39.9 Å². The fourth-order valence-corrected chi connectivity index (χ4v) is 3.68. The van der Waals surface area contributed by atoms with Gasteiger partial charge in [0, 0.05) is 38.9 Å². The first kappa shape index (κ1) is 22.7. The molecule has 1 aromatic heterocycles. The van der Waals surface area contributed by atoms with Gasteiger partial charge in [-0.3, -0.25) is 0 Å². The van der Waals surface area contributed by atoms with Gasteiger partial charge in [-0.05, 0) is 52.7 Å². The lowest BCUT2D eigenvalue weighted by Crippen LogP contribution is -2.52. The zero-order valence-electron chi connectivity index (χ0n) is 16.3. The summed E-state index contributed by atoms with van der Waals surface area (Å²) in [4.78, 5) is 13.9. The van der Waals surface area contributed by atoms with Crippen LogP contribution in [-0.2, 0) is 6.54 Å². The fourth-order valence-electron chi connectivity index (χ4n) is 3.09. The number of halogens is 2. The zero-order valence-corrected chi connectivity index (χ0v) is 20.2. The van der Waals surface area contributed by atoms with E-state index in [9.17, 15) is 0 Å². The molecule has 1 fully saturated rings. The van der Waals surface area contributed by atoms with E-state index in [1.165, 1.54) is 0 Å². The van der Waals surface area contributed by atoms with Crippen molar-refractivity contribution in [3.63, 3.8) is 0 Å². The maximum Gasteiger partial charge on any atom is 0.194 e. The maximum absolute atomic E-state index is 5.29. The fraction of sp³-hybridized carbons (Fsp3) is 0.400. The highest BCUT2D eigenvalue weighted by Gasteiger charge is 2.20. The summed E-state index contributed by atoms with van der Waals surface area (Å²) >= 11 is 3.54. The molecule has 3 rings (SSSR count). The minimum Gasteiger partial charge on any atom is -0.496 e. The summed E-state index contributed by atoms with van der Waals surface area (Å²) in [5.74, 6) is 2.84. The molecule has 8 heteroatoms. The predicted molar refractivity (Wildman–Crippen MR) is 129 cm³/mol. The molecule has 0 radical (unpaired) electrons. The molecule has 6 nitrogen and oxygen atoms in total. The van der Waals surface area contributed by atoms with Gasteiger partial charge < -0.3 is 19.9 Å². The summed E-state index contributed by atoms with van der Waals surface area (Å²) in [6, 6.07) is 12.1. The molecule has 1 saturated heterocycles. The van der Waals surface area contributed by atoms with Gasteiger partial charge in [0.15, 0.2) is 5.96 Å². The molecule has 1 aromatic carbocycles. The molecular formula is C20H27BrIN5O. The molecule has 0 unspecified atom stereocenters. The van der Waals surface area contributed by atoms with Gasteiger partial charge in [-0.2, -0.15) is 0 Å². The minimum atomic E-state index is 0. The Kier molecular flexibility index (Phi) is 9.30. The molecule has 1 aliphatic rings. The van der Waals surface area contributed by atoms with E-state index in [2.05, 4.69) is 61.2 Å². The van der Waals surface area contributed by atoms with Crippen molar-refractivity contribution >= 4 is 51.7 Å². The van der Waals surface area contributed by atoms with Gasteiger partial charge in [0.05, 0.1) is 18.1 Å². The number of aliphatic imine (C=N–C) groups is 1. The average Bonchev–Trinajstić information content (AvgIpc) is 2.72. The number of ether oxygens (including phenoxy) is 1. The standard InChI is InChI=1S/C20H26BrN5O.HI/c1-3-22-20(24-15-16-7-8-18(27-2)17(21)14-16)26-12-10-25(11-13-26)19-6-4-5-9-23-19;/h4-9,14H,3,10-13,15H2,1-2H3,(H,22,24);1H. The van der Waals surface area contributed by atoms with E-state index in [-0.39, 0.29) is 24.0 Å². The molecule has 0 atom stereocenters. The van der Waals surface area contributed by atoms with Crippen LogP contribution in [0, 0.1) is 0 Å². The van der Waals surface area contributed by atoms with Crippen molar-refractivity contribution in [2.75, 3.05) is 44.7 Å². The van der Waals surface area contributed by atoms with E-state index in [0.717, 1.165) is 60.3 Å². The van der Waals surface area contributed by atoms with Gasteiger partial charge in [-0.15, -0.1) is 24.0 Å². The van der Waals surface area contributed by atoms with Gasteiger partial charge in [0.1, 0.15) is 11.6 Å². The number of aromatic nitrogens is 1. The van der Waals surface area contributed by atoms with Crippen LogP contribution in [0.2, 0.25) is 0 Å². The molecule has 28 heavy (non-hydrogen) atoms. The van der Waals surface area contributed by atoms with E-state index < -0.39 is 0 Å². The number of methoxy groups -OCH3 is 1. The van der Waals surface area contributed by atoms with Crippen molar-refractivity contribution < 1.29 is 4.74 Å². The number of nitrogens with zero attached hydrogens (tertiary/aromatic N) is 4. The SMILES string of the molecule is CCNC(=NCc1ccc(OC)c(Br)c1)N1CCN(c2ccccn2)CC1.I. The smallest absolute Gasteiger partial charge is 0.194 e. The summed E-state index contributed by atoms with van der Waals surface area (Å²) in [5.41, 5.74) is 1.14. The molecule has 1 N–H and O–H groups in total. The third-order valence-electron chi connectivity index (χ3n) is 4.51. The molecule has 152 valence electrons. The zero-order chi connectivity index (χ0) is 19.1. The number of guanidine groups is 1. The van der Waals surface area contributed by atoms with Crippen molar-refractivity contribution in [3.8, 4) is 5.75 Å². The number of benzene rings is 1. The normalized spacial score (nSPS) is 14.5. The Morgan fingerprint density at radius 3 is 2.61 bits per heavy atom. The van der Waals surface area contributed by atoms with E-state index >= 15 is 0 Å². The Balaban J connectivity index is 0.00000280. The van der Waals surface area contributed by atoms with Gasteiger partial charge in [0.25, 0.3) is 0 Å². The van der Waals surface area contributed by atoms with Crippen LogP contribution in [0.15, 0.2) is 52.1 Å². The Bertz CT molecular complexity index is 766. The Morgan fingerprint density at radius 2 is 2.00 bits per heavy atom. The van der Waals surface area contributed by atoms with Crippen LogP contribution < -0.4 is 15.0 Å². The first-order valence-corrected chi connectivity index (χ1v) is 10.0. The number of rotatable bonds is 5. The largest absolute Gasteiger partial charge is 0.496 e. The van der Waals surface area contributed by atoms with Crippen molar-refractivity contribution in [2.24, 2.45) is 4.99 Å². The Morgan fingerprint density at radius 1 is 1.21 bits per heavy atom. The number of nitrogens with one attached hydrogen (secondary N) is 1. The summed E-state index contributed by atoms with van der Waals surface area (Å²) in [7, 11) is 1.67. The van der Waals surface area contributed by atoms with E-state index in [1.54, 1.807) is 7.11 Å². The van der Waals surface area contributed by atoms with Gasteiger partial charge in [0.2, 0.25) is 0 Å². The van der Waals surface area contributed by atoms with Crippen LogP contribution in [-0.4, -0.2) is 55.7 Å². The molecule has 0 aliphatic carbocycles. The number of hydrogen-bond donors (Lipinski definition) is 1. The molecule has 0 saturated carbocycles. The van der Waals surface area contributed by atoms with Gasteiger partial charge in [-0.25, -0.2) is 9.98 Å². The average molecular weight is 560 g/mol. The lowest BCUT2D eigenvalue weighted by Gasteiger charge is -2.37. The number of pyridine rings is 1. The highest BCUT2D eigenvalue weighted by Crippen LogP contribution is 2.25. The highest BCUT2D eigenvalue weighted by atomic mass is 127. The van der Waals surface area contributed by atoms with Crippen molar-refractivity contribution in [2.45, 2.75) is 13.5 Å². The molecule has 0 spiro atoms. The maximum atomic E-state index is 5.29. The van der Waals surface area contributed by atoms with Crippen molar-refractivity contribution in [3.05, 3.63) is 52.6 Å². The second kappa shape index (κ2) is 11.5. The van der Waals surface area contributed by atoms with E-state index in [1.807, 2.05) is 24.4 Å².